The van der Waals surface area contributed by atoms with Crippen molar-refractivity contribution in [3.05, 3.63) is 0 Å². The monoisotopic (exact) mass is 1590 g/mol. The number of carbonyl (C=O) groups excluding carboxylic acids is 14. The van der Waals surface area contributed by atoms with Crippen molar-refractivity contribution in [3.63, 3.8) is 0 Å². The fourth-order valence-electron chi connectivity index (χ4n) is 5.60. The summed E-state index contributed by atoms with van der Waals surface area (Å²) >= 11 is 30.6. The van der Waals surface area contributed by atoms with Gasteiger partial charge in [-0.1, -0.05) is 22.6 Å². The average Bonchev–Trinajstić information content (AvgIpc) is 1.68. The number of hydroxylamine groups is 10. The number of alkyl halides is 6. The summed E-state index contributed by atoms with van der Waals surface area (Å²) in [6.45, 7) is 3.60. The smallest absolute Gasteiger partial charge is 0.747 e. The molecular formula is C38H50Cl6N5NaO39S5. The molecule has 534 valence electrons. The number of imide groups is 5. The van der Waals surface area contributed by atoms with Crippen LogP contribution < -0.4 is 29.6 Å². The Morgan fingerprint density at radius 1 is 0.489 bits per heavy atom. The van der Waals surface area contributed by atoms with Gasteiger partial charge >= 0.3 is 61.8 Å². The van der Waals surface area contributed by atoms with Crippen LogP contribution in [-0.4, -0.2) is 242 Å². The Morgan fingerprint density at radius 2 is 0.787 bits per heavy atom. The average molecular weight is 1600 g/mol. The van der Waals surface area contributed by atoms with E-state index in [1.807, 2.05) is 0 Å². The first kappa shape index (κ1) is 93.8. The van der Waals surface area contributed by atoms with Crippen LogP contribution in [0.4, 0.5) is 9.59 Å². The maximum Gasteiger partial charge on any atom is 1.00 e. The van der Waals surface area contributed by atoms with Crippen molar-refractivity contribution in [1.29, 1.82) is 0 Å². The van der Waals surface area contributed by atoms with Gasteiger partial charge in [0, 0.05) is 54.1 Å². The Bertz CT molecular complexity index is 3260. The van der Waals surface area contributed by atoms with Crippen LogP contribution in [0, 0.1) is 0 Å². The zero-order chi connectivity index (χ0) is 72.2. The van der Waals surface area contributed by atoms with E-state index in [9.17, 15) is 105 Å². The van der Waals surface area contributed by atoms with Gasteiger partial charge in [-0.2, -0.15) is 35.1 Å². The molecule has 0 aliphatic carbocycles. The van der Waals surface area contributed by atoms with Crippen molar-refractivity contribution < 1.29 is 210 Å². The first-order valence-electron chi connectivity index (χ1n) is 22.7. The fourth-order valence-corrected chi connectivity index (χ4v) is 10.0. The summed E-state index contributed by atoms with van der Waals surface area (Å²) in [5.41, 5.74) is 0. The van der Waals surface area contributed by atoms with E-state index in [0.29, 0.717) is 12.0 Å². The summed E-state index contributed by atoms with van der Waals surface area (Å²) in [5.74, 6) is -13.8. The Labute approximate surface area is 586 Å². The third kappa shape index (κ3) is 29.8. The molecule has 0 aromatic rings. The molecule has 0 radical (unpaired) electrons. The first-order valence-corrected chi connectivity index (χ1v) is 31.7. The molecule has 56 heteroatoms. The van der Waals surface area contributed by atoms with Gasteiger partial charge in [-0.05, 0) is 69.6 Å². The molecule has 5 unspecified atom stereocenters. The molecule has 5 atom stereocenters. The van der Waals surface area contributed by atoms with Gasteiger partial charge in [0.25, 0.3) is 95.4 Å². The van der Waals surface area contributed by atoms with E-state index >= 15 is 0 Å². The SMILES string of the molecule is C.CC(=O)ON1C(=O)CC(S(=O)(=O)[O-])C1=O.COC(C)(OC)OC.COOOSC1CC(=O)N(OC(=O)ON2C(=O)CC(S(=O)(=O)OC)C2=O)C1=O.COS(=O)(=O)C1CC(=O)N(O)C1=O.COS(=O)(=O)C1CC(=O)N(OC(C)=O)C1=O.O=C(OC(Cl)(Cl)Cl)OC(Cl)(Cl)Cl.[Na+]. The number of carbonyl (C=O) groups is 14. The van der Waals surface area contributed by atoms with E-state index in [0.717, 1.165) is 42.3 Å². The molecule has 0 bridgehead atoms. The fraction of sp³-hybridized carbons (Fsp3) is 0.632. The standard InChI is InChI=1S/C11H12N2O13S2.C7H9NO7S.C6H7NO7S.C5H7NO6S.C5H12O3.C3Cl6O3.CH4.Na/c1-21-25-26-27-5-3-7(14)12(9(5)16)23-11(18)24-13-8(15)4-6(10(13)17)28(19,20)22-2;1-4(9)15-8-6(10)3-5(7(8)11)16(12,13)14-2;1-3(8)14-7-5(9)2-4(6(7)10)15(11,12)13;1-12-13(10,11)3-2-4(7)6(9)5(3)8;1-5(6-2,7-3)8-4;4-2(5,6)11-1(10)12-3(7,8)9;;/h5-6H,3-4H2,1-2H3;5H,3H2,1-2H3;4H,2H2,1H3,(H,11,12,13);3,9H,2H2,1H3;1-4H3;;1H4;/q;;;;;;;+1/p-1. The maximum absolute atomic E-state index is 12.0. The van der Waals surface area contributed by atoms with E-state index in [1.165, 1.54) is 21.3 Å². The molecule has 5 aliphatic rings. The summed E-state index contributed by atoms with van der Waals surface area (Å²) in [6, 6.07) is 0. The third-order valence-electron chi connectivity index (χ3n) is 9.95. The van der Waals surface area contributed by atoms with Crippen LogP contribution in [0.1, 0.15) is 60.3 Å². The van der Waals surface area contributed by atoms with E-state index in [4.69, 9.17) is 89.0 Å². The topological polar surface area (TPSA) is 573 Å². The Balaban J connectivity index is -0.00000110. The maximum atomic E-state index is 12.0. The predicted molar refractivity (Wildman–Crippen MR) is 293 cm³/mol. The molecule has 5 rings (SSSR count). The van der Waals surface area contributed by atoms with Crippen molar-refractivity contribution in [1.82, 2.24) is 25.3 Å². The summed E-state index contributed by atoms with van der Waals surface area (Å²) < 4.78 is 134. The van der Waals surface area contributed by atoms with Crippen LogP contribution in [0.5, 0.6) is 0 Å². The molecule has 0 spiro atoms. The molecule has 5 heterocycles. The zero-order valence-electron chi connectivity index (χ0n) is 48.4. The number of halogens is 6. The molecule has 94 heavy (non-hydrogen) atoms. The Morgan fingerprint density at radius 3 is 1.05 bits per heavy atom. The summed E-state index contributed by atoms with van der Waals surface area (Å²) in [7, 11) is -9.33. The number of methoxy groups -OCH3 is 3. The van der Waals surface area contributed by atoms with Gasteiger partial charge in [0.15, 0.2) is 15.7 Å². The van der Waals surface area contributed by atoms with Crippen molar-refractivity contribution in [2.75, 3.05) is 49.8 Å². The van der Waals surface area contributed by atoms with Crippen molar-refractivity contribution in [2.45, 2.75) is 100 Å². The van der Waals surface area contributed by atoms with Crippen LogP contribution in [0.15, 0.2) is 0 Å². The number of hydrogen-bond acceptors (Lipinski definition) is 40. The summed E-state index contributed by atoms with van der Waals surface area (Å²) in [6.07, 6.45) is -6.45. The van der Waals surface area contributed by atoms with Crippen molar-refractivity contribution >= 4 is 205 Å². The largest absolute Gasteiger partial charge is 1.00 e. The molecule has 5 fully saturated rings. The third-order valence-corrected chi connectivity index (χ3v) is 16.8. The number of amides is 10. The number of nitrogens with zero attached hydrogens (tertiary/aromatic N) is 5. The number of ether oxygens (including phenoxy) is 5. The van der Waals surface area contributed by atoms with Gasteiger partial charge in [0.05, 0.1) is 60.5 Å². The van der Waals surface area contributed by atoms with Gasteiger partial charge in [-0.15, -0.1) is 14.5 Å². The van der Waals surface area contributed by atoms with E-state index in [1.54, 1.807) is 6.92 Å². The second kappa shape index (κ2) is 39.9. The molecule has 1 N–H and O–H groups in total. The van der Waals surface area contributed by atoms with Crippen LogP contribution >= 0.6 is 81.6 Å². The molecule has 5 saturated heterocycles. The quantitative estimate of drug-likeness (QED) is 0.0110. The molecular weight excluding hydrogens is 1550 g/mol. The van der Waals surface area contributed by atoms with E-state index < -0.39 is 196 Å². The van der Waals surface area contributed by atoms with Crippen LogP contribution in [0.2, 0.25) is 0 Å². The van der Waals surface area contributed by atoms with Crippen molar-refractivity contribution in [3.8, 4) is 0 Å². The second-order valence-electron chi connectivity index (χ2n) is 15.9. The van der Waals surface area contributed by atoms with E-state index in [2.05, 4.69) is 55.6 Å². The van der Waals surface area contributed by atoms with Gasteiger partial charge in [-0.3, -0.25) is 75.4 Å². The van der Waals surface area contributed by atoms with Gasteiger partial charge < -0.3 is 37.9 Å². The van der Waals surface area contributed by atoms with Gasteiger partial charge in [0.2, 0.25) is 0 Å². The molecule has 0 saturated carbocycles. The summed E-state index contributed by atoms with van der Waals surface area (Å²) in [4.78, 5) is 178. The normalized spacial score (nSPS) is 19.9. The second-order valence-corrected chi connectivity index (χ2v) is 28.4. The van der Waals surface area contributed by atoms with Crippen molar-refractivity contribution in [2.24, 2.45) is 0 Å². The Hall–Kier alpha value is -4.37. The van der Waals surface area contributed by atoms with Crippen LogP contribution in [-0.2, 0) is 168 Å². The molecule has 10 amide bonds. The zero-order valence-corrected chi connectivity index (χ0v) is 59.0. The van der Waals surface area contributed by atoms with Gasteiger partial charge in [0.1, 0.15) is 20.6 Å². The summed E-state index contributed by atoms with van der Waals surface area (Å²) in [5, 5.41) is 4.28. The minimum Gasteiger partial charge on any atom is -0.747 e. The predicted octanol–water partition coefficient (Wildman–Crippen LogP) is -4.42. The van der Waals surface area contributed by atoms with Gasteiger partial charge in [-0.25, -0.2) is 27.7 Å². The molecule has 0 aromatic heterocycles. The first-order chi connectivity index (χ1) is 41.8. The molecule has 44 nitrogen and oxygen atoms in total. The Kier molecular flexibility index (Phi) is 39.8. The minimum atomic E-state index is -4.91. The molecule has 5 aliphatic heterocycles. The molecule has 0 aromatic carbocycles. The number of hydrogen-bond donors (Lipinski definition) is 1. The van der Waals surface area contributed by atoms with E-state index in [-0.39, 0.29) is 62.3 Å². The van der Waals surface area contributed by atoms with Crippen LogP contribution in [0.3, 0.4) is 0 Å². The number of rotatable bonds is 18. The van der Waals surface area contributed by atoms with Crippen LogP contribution in [0.25, 0.3) is 0 Å². The minimum absolute atomic E-state index is 0.